The van der Waals surface area contributed by atoms with Crippen molar-refractivity contribution in [2.75, 3.05) is 11.8 Å². The molecule has 3 aromatic rings. The first-order valence-electron chi connectivity index (χ1n) is 9.61. The minimum absolute atomic E-state index is 0.0407. The molecule has 166 valence electrons. The molecule has 4 rings (SSSR count). The second kappa shape index (κ2) is 9.37. The van der Waals surface area contributed by atoms with Gasteiger partial charge in [-0.1, -0.05) is 12.1 Å². The number of carbonyl (C=O) groups is 1. The fourth-order valence-corrected chi connectivity index (χ4v) is 3.69. The zero-order chi connectivity index (χ0) is 22.7. The maximum Gasteiger partial charge on any atom is 0.416 e. The van der Waals surface area contributed by atoms with Gasteiger partial charge in [-0.3, -0.25) is 4.90 Å². The van der Waals surface area contributed by atoms with E-state index in [9.17, 15) is 13.6 Å². The fraction of sp³-hybridized carbons (Fsp3) is 0.190. The summed E-state index contributed by atoms with van der Waals surface area (Å²) in [6, 6.07) is 9.90. The first-order valence-corrected chi connectivity index (χ1v) is 10.4. The average molecular weight is 459 g/mol. The summed E-state index contributed by atoms with van der Waals surface area (Å²) in [5.74, 6) is -0.799. The Hall–Kier alpha value is -3.44. The molecule has 32 heavy (non-hydrogen) atoms. The molecular weight excluding hydrogens is 440 g/mol. The van der Waals surface area contributed by atoms with Crippen LogP contribution in [0.3, 0.4) is 0 Å². The number of ether oxygens (including phenoxy) is 2. The number of nitrogens with zero attached hydrogens (tertiary/aromatic N) is 3. The maximum atomic E-state index is 15.0. The Bertz CT molecular complexity index is 1140. The molecule has 0 saturated carbocycles. The molecule has 2 aromatic carbocycles. The summed E-state index contributed by atoms with van der Waals surface area (Å²) in [4.78, 5) is 14.0. The molecule has 1 unspecified atom stereocenters. The second-order valence-corrected chi connectivity index (χ2v) is 7.66. The average Bonchev–Trinajstić information content (AvgIpc) is 2.77. The fourth-order valence-electron chi connectivity index (χ4n) is 3.32. The van der Waals surface area contributed by atoms with E-state index >= 15 is 0 Å². The number of anilines is 1. The van der Waals surface area contributed by atoms with E-state index in [1.54, 1.807) is 44.3 Å². The highest BCUT2D eigenvalue weighted by molar-refractivity contribution is 7.98. The highest BCUT2D eigenvalue weighted by atomic mass is 32.2. The van der Waals surface area contributed by atoms with Crippen LogP contribution in [-0.2, 0) is 6.54 Å². The number of carbonyl (C=O) groups excluding carboxylic acids is 1. The van der Waals surface area contributed by atoms with Crippen LogP contribution in [0.2, 0.25) is 0 Å². The molecule has 0 spiro atoms. The molecule has 0 saturated heterocycles. The van der Waals surface area contributed by atoms with Crippen molar-refractivity contribution in [1.29, 1.82) is 0 Å². The molecule has 2 N–H and O–H groups in total. The molecule has 1 aliphatic heterocycles. The van der Waals surface area contributed by atoms with Crippen molar-refractivity contribution in [3.63, 3.8) is 0 Å². The summed E-state index contributed by atoms with van der Waals surface area (Å²) in [6.07, 6.45) is 0.760. The van der Waals surface area contributed by atoms with Gasteiger partial charge in [0.2, 0.25) is 5.88 Å². The van der Waals surface area contributed by atoms with E-state index in [1.165, 1.54) is 23.2 Å². The monoisotopic (exact) mass is 459 g/mol. The molecule has 0 radical (unpaired) electrons. The van der Waals surface area contributed by atoms with Crippen molar-refractivity contribution in [2.24, 2.45) is 0 Å². The van der Waals surface area contributed by atoms with E-state index in [-0.39, 0.29) is 40.7 Å². The third-order valence-corrected chi connectivity index (χ3v) is 5.36. The lowest BCUT2D eigenvalue weighted by atomic mass is 10.0. The number of aromatic nitrogens is 2. The molecule has 0 fully saturated rings. The zero-order valence-electron chi connectivity index (χ0n) is 17.1. The SMILES string of the molecule is CNSNc1cccc(CN2C(=O)Oc3cc(Oc4cccnn4)cc(F)c3C2C)c1F. The van der Waals surface area contributed by atoms with Gasteiger partial charge in [0, 0.05) is 42.1 Å². The van der Waals surface area contributed by atoms with Crippen LogP contribution in [0.5, 0.6) is 17.4 Å². The number of hydrogen-bond acceptors (Lipinski definition) is 8. The number of fused-ring (bicyclic) bond motifs is 1. The van der Waals surface area contributed by atoms with Crippen LogP contribution >= 0.6 is 12.1 Å². The molecule has 1 aliphatic rings. The predicted octanol–water partition coefficient (Wildman–Crippen LogP) is 4.82. The normalized spacial score (nSPS) is 15.2. The minimum atomic E-state index is -0.719. The Morgan fingerprint density at radius 2 is 2.09 bits per heavy atom. The van der Waals surface area contributed by atoms with E-state index in [0.29, 0.717) is 0 Å². The van der Waals surface area contributed by atoms with Crippen molar-refractivity contribution in [2.45, 2.75) is 19.5 Å². The smallest absolute Gasteiger partial charge is 0.416 e. The number of amides is 1. The van der Waals surface area contributed by atoms with Crippen LogP contribution in [0.25, 0.3) is 0 Å². The van der Waals surface area contributed by atoms with Gasteiger partial charge in [0.25, 0.3) is 0 Å². The first kappa shape index (κ1) is 21.8. The van der Waals surface area contributed by atoms with Gasteiger partial charge in [0.1, 0.15) is 17.3 Å². The molecule has 1 atom stereocenters. The van der Waals surface area contributed by atoms with Crippen LogP contribution in [0.1, 0.15) is 24.1 Å². The Kier molecular flexibility index (Phi) is 6.37. The molecule has 2 heterocycles. The molecular formula is C21H19F2N5O3S. The minimum Gasteiger partial charge on any atom is -0.437 e. The Balaban J connectivity index is 1.59. The van der Waals surface area contributed by atoms with Gasteiger partial charge in [0.05, 0.1) is 23.8 Å². The molecule has 1 amide bonds. The van der Waals surface area contributed by atoms with Crippen LogP contribution in [-0.4, -0.2) is 28.2 Å². The van der Waals surface area contributed by atoms with Gasteiger partial charge in [0.15, 0.2) is 5.82 Å². The molecule has 0 aliphatic carbocycles. The van der Waals surface area contributed by atoms with Gasteiger partial charge in [-0.05, 0) is 26.1 Å². The largest absolute Gasteiger partial charge is 0.437 e. The third kappa shape index (κ3) is 4.43. The van der Waals surface area contributed by atoms with Crippen molar-refractivity contribution in [3.05, 3.63) is 71.4 Å². The van der Waals surface area contributed by atoms with E-state index in [2.05, 4.69) is 19.6 Å². The highest BCUT2D eigenvalue weighted by Crippen LogP contribution is 2.40. The van der Waals surface area contributed by atoms with E-state index in [4.69, 9.17) is 9.47 Å². The summed E-state index contributed by atoms with van der Waals surface area (Å²) in [5, 5.41) is 7.48. The standard InChI is InChI=1S/C21H19F2N5O3S/c1-12-19-15(22)9-14(30-18-7-4-8-25-26-18)10-17(19)31-21(29)28(12)11-13-5-3-6-16(20(13)23)27-32-24-2/h3-10,12,24,27H,11H2,1-2H3. The van der Waals surface area contributed by atoms with Gasteiger partial charge >= 0.3 is 6.09 Å². The number of rotatable bonds is 7. The van der Waals surface area contributed by atoms with Gasteiger partial charge in [-0.25, -0.2) is 18.3 Å². The van der Waals surface area contributed by atoms with Gasteiger partial charge in [-0.15, -0.1) is 5.10 Å². The van der Waals surface area contributed by atoms with Crippen LogP contribution < -0.4 is 18.9 Å². The van der Waals surface area contributed by atoms with E-state index < -0.39 is 23.8 Å². The predicted molar refractivity (Wildman–Crippen MR) is 115 cm³/mol. The lowest BCUT2D eigenvalue weighted by molar-refractivity contribution is 0.114. The van der Waals surface area contributed by atoms with Crippen LogP contribution in [0.15, 0.2) is 48.7 Å². The van der Waals surface area contributed by atoms with Gasteiger partial charge < -0.3 is 14.2 Å². The summed E-state index contributed by atoms with van der Waals surface area (Å²) in [5.41, 5.74) is 0.704. The Morgan fingerprint density at radius 1 is 1.25 bits per heavy atom. The van der Waals surface area contributed by atoms with Crippen molar-refractivity contribution in [3.8, 4) is 17.4 Å². The Labute approximate surface area is 187 Å². The number of halogens is 2. The van der Waals surface area contributed by atoms with Crippen LogP contribution in [0, 0.1) is 11.6 Å². The summed E-state index contributed by atoms with van der Waals surface area (Å²) in [7, 11) is 1.69. The Morgan fingerprint density at radius 3 is 2.84 bits per heavy atom. The van der Waals surface area contributed by atoms with Crippen molar-refractivity contribution < 1.29 is 23.0 Å². The van der Waals surface area contributed by atoms with Crippen molar-refractivity contribution in [1.82, 2.24) is 19.8 Å². The summed E-state index contributed by atoms with van der Waals surface area (Å²) >= 11 is 1.11. The molecule has 11 heteroatoms. The third-order valence-electron chi connectivity index (χ3n) is 4.83. The van der Waals surface area contributed by atoms with Crippen molar-refractivity contribution >= 4 is 23.9 Å². The molecule has 0 bridgehead atoms. The number of hydrogen-bond donors (Lipinski definition) is 2. The van der Waals surface area contributed by atoms with E-state index in [1.807, 2.05) is 0 Å². The first-order chi connectivity index (χ1) is 15.5. The zero-order valence-corrected chi connectivity index (χ0v) is 18.0. The van der Waals surface area contributed by atoms with Crippen LogP contribution in [0.4, 0.5) is 19.3 Å². The summed E-state index contributed by atoms with van der Waals surface area (Å²) in [6.45, 7) is 1.56. The highest BCUT2D eigenvalue weighted by Gasteiger charge is 2.35. The number of nitrogens with one attached hydrogen (secondary N) is 2. The quantitative estimate of drug-likeness (QED) is 0.487. The second-order valence-electron chi connectivity index (χ2n) is 6.84. The molecule has 8 nitrogen and oxygen atoms in total. The molecule has 1 aromatic heterocycles. The lowest BCUT2D eigenvalue weighted by Gasteiger charge is -2.34. The lowest BCUT2D eigenvalue weighted by Crippen LogP contribution is -2.40. The topological polar surface area (TPSA) is 88.6 Å². The maximum absolute atomic E-state index is 15.0. The summed E-state index contributed by atoms with van der Waals surface area (Å²) < 4.78 is 46.3. The number of benzene rings is 2. The van der Waals surface area contributed by atoms with Gasteiger partial charge in [-0.2, -0.15) is 5.10 Å². The van der Waals surface area contributed by atoms with E-state index in [0.717, 1.165) is 12.1 Å².